The number of benzene rings is 5. The molecule has 9 rings (SSSR count). The summed E-state index contributed by atoms with van der Waals surface area (Å²) in [7, 11) is 0. The third kappa shape index (κ3) is 4.31. The summed E-state index contributed by atoms with van der Waals surface area (Å²) in [5.74, 6) is 3.42. The van der Waals surface area contributed by atoms with Crippen molar-refractivity contribution in [1.29, 1.82) is 0 Å². The lowest BCUT2D eigenvalue weighted by Crippen LogP contribution is -1.98. The second kappa shape index (κ2) is 9.92. The van der Waals surface area contributed by atoms with E-state index in [0.29, 0.717) is 12.8 Å². The first-order valence-electron chi connectivity index (χ1n) is 14.8. The predicted octanol–water partition coefficient (Wildman–Crippen LogP) is 11.2. The smallest absolute Gasteiger partial charge is 0.135 e. The highest BCUT2D eigenvalue weighted by molar-refractivity contribution is 5.87. The first-order chi connectivity index (χ1) is 21.7. The maximum Gasteiger partial charge on any atom is 0.135 e. The van der Waals surface area contributed by atoms with E-state index in [4.69, 9.17) is 17.7 Å². The molecule has 4 aromatic heterocycles. The molecule has 4 nitrogen and oxygen atoms in total. The average Bonchev–Trinajstić information content (AvgIpc) is 3.84. The first kappa shape index (κ1) is 24.8. The lowest BCUT2D eigenvalue weighted by molar-refractivity contribution is 0.560. The molecule has 44 heavy (non-hydrogen) atoms. The maximum atomic E-state index is 6.46. The summed E-state index contributed by atoms with van der Waals surface area (Å²) >= 11 is 0. The molecule has 0 unspecified atom stereocenters. The van der Waals surface area contributed by atoms with Gasteiger partial charge in [-0.15, -0.1) is 0 Å². The molecular weight excluding hydrogens is 544 g/mol. The Hall–Kier alpha value is -5.74. The molecule has 0 aliphatic heterocycles. The number of hydrogen-bond acceptors (Lipinski definition) is 4. The highest BCUT2D eigenvalue weighted by atomic mass is 16.3. The topological polar surface area (TPSA) is 52.6 Å². The Morgan fingerprint density at radius 1 is 0.341 bits per heavy atom. The third-order valence-corrected chi connectivity index (χ3v) is 8.39. The molecule has 9 aromatic rings. The Kier molecular flexibility index (Phi) is 5.60. The minimum Gasteiger partial charge on any atom is -0.461 e. The summed E-state index contributed by atoms with van der Waals surface area (Å²) < 4.78 is 25.5. The number of fused-ring (bicyclic) bond motifs is 4. The monoisotopic (exact) mass is 570 g/mol. The van der Waals surface area contributed by atoms with E-state index < -0.39 is 0 Å². The molecule has 0 amide bonds. The zero-order chi connectivity index (χ0) is 29.0. The van der Waals surface area contributed by atoms with Crippen LogP contribution in [0.5, 0.6) is 0 Å². The summed E-state index contributed by atoms with van der Waals surface area (Å²) in [6, 6.07) is 45.5. The van der Waals surface area contributed by atoms with Crippen molar-refractivity contribution in [2.45, 2.75) is 12.8 Å². The van der Waals surface area contributed by atoms with Crippen LogP contribution in [0.4, 0.5) is 0 Å². The standard InChI is InChI=1S/C40H26O4/c1-5-13-35-25(9-1)17-31(41-35)19-29-21-34(40-24-28-12-4-8-16-38(28)44-40)30(20-32-18-26-10-2-6-14-36(26)42-32)22-33(29)39-23-27-11-3-7-15-37(27)43-39/h1-18,21-24H,19-20H2. The van der Waals surface area contributed by atoms with Gasteiger partial charge in [0.15, 0.2) is 0 Å². The van der Waals surface area contributed by atoms with Crippen LogP contribution in [0.2, 0.25) is 0 Å². The van der Waals surface area contributed by atoms with Gasteiger partial charge in [0.05, 0.1) is 0 Å². The van der Waals surface area contributed by atoms with Gasteiger partial charge in [0.25, 0.3) is 0 Å². The van der Waals surface area contributed by atoms with Crippen LogP contribution in [0.15, 0.2) is 151 Å². The van der Waals surface area contributed by atoms with E-state index in [0.717, 1.165) is 89.2 Å². The summed E-state index contributed by atoms with van der Waals surface area (Å²) in [6.45, 7) is 0. The second-order valence-electron chi connectivity index (χ2n) is 11.3. The third-order valence-electron chi connectivity index (χ3n) is 8.39. The molecule has 0 aliphatic carbocycles. The summed E-state index contributed by atoms with van der Waals surface area (Å²) in [5, 5.41) is 4.31. The van der Waals surface area contributed by atoms with Gasteiger partial charge in [-0.2, -0.15) is 0 Å². The van der Waals surface area contributed by atoms with Crippen LogP contribution in [-0.2, 0) is 12.8 Å². The van der Waals surface area contributed by atoms with Crippen LogP contribution in [0, 0.1) is 0 Å². The van der Waals surface area contributed by atoms with Crippen LogP contribution in [0.3, 0.4) is 0 Å². The van der Waals surface area contributed by atoms with Gasteiger partial charge >= 0.3 is 0 Å². The Morgan fingerprint density at radius 2 is 0.682 bits per heavy atom. The predicted molar refractivity (Wildman–Crippen MR) is 175 cm³/mol. The molecule has 0 radical (unpaired) electrons. The molecule has 5 aromatic carbocycles. The summed E-state index contributed by atoms with van der Waals surface area (Å²) in [5.41, 5.74) is 7.70. The van der Waals surface area contributed by atoms with Gasteiger partial charge in [0.1, 0.15) is 45.4 Å². The van der Waals surface area contributed by atoms with Crippen molar-refractivity contribution >= 4 is 43.9 Å². The molecule has 0 spiro atoms. The fourth-order valence-electron chi connectivity index (χ4n) is 6.29. The first-order valence-corrected chi connectivity index (χ1v) is 14.8. The normalized spacial score (nSPS) is 11.8. The van der Waals surface area contributed by atoms with E-state index in [-0.39, 0.29) is 0 Å². The number of rotatable bonds is 6. The Balaban J connectivity index is 1.26. The molecule has 0 saturated carbocycles. The quantitative estimate of drug-likeness (QED) is 0.200. The van der Waals surface area contributed by atoms with Gasteiger partial charge in [0.2, 0.25) is 0 Å². The van der Waals surface area contributed by atoms with Gasteiger partial charge in [0, 0.05) is 45.5 Å². The van der Waals surface area contributed by atoms with Crippen LogP contribution >= 0.6 is 0 Å². The largest absolute Gasteiger partial charge is 0.461 e. The van der Waals surface area contributed by atoms with Gasteiger partial charge < -0.3 is 17.7 Å². The van der Waals surface area contributed by atoms with Crippen LogP contribution < -0.4 is 0 Å². The molecule has 0 aliphatic rings. The Labute approximate surface area is 252 Å². The lowest BCUT2D eigenvalue weighted by atomic mass is 9.91. The number of furan rings is 4. The molecule has 210 valence electrons. The van der Waals surface area contributed by atoms with Crippen molar-refractivity contribution in [3.05, 3.63) is 156 Å². The molecule has 0 N–H and O–H groups in total. The van der Waals surface area contributed by atoms with E-state index in [2.05, 4.69) is 60.7 Å². The van der Waals surface area contributed by atoms with Gasteiger partial charge in [-0.1, -0.05) is 72.8 Å². The van der Waals surface area contributed by atoms with Gasteiger partial charge in [-0.25, -0.2) is 0 Å². The van der Waals surface area contributed by atoms with E-state index in [1.165, 1.54) is 0 Å². The second-order valence-corrected chi connectivity index (χ2v) is 11.3. The zero-order valence-electron chi connectivity index (χ0n) is 23.7. The minimum absolute atomic E-state index is 0.596. The SMILES string of the molecule is c1ccc2oc(Cc3cc(-c4cc5ccccc5o4)c(Cc4cc5ccccc5o4)cc3-c3cc4ccccc4o3)cc2c1. The Bertz CT molecular complexity index is 2160. The molecular formula is C40H26O4. The van der Waals surface area contributed by atoms with E-state index in [1.54, 1.807) is 0 Å². The van der Waals surface area contributed by atoms with Crippen molar-refractivity contribution in [2.24, 2.45) is 0 Å². The van der Waals surface area contributed by atoms with Crippen LogP contribution in [0.1, 0.15) is 22.6 Å². The molecule has 0 bridgehead atoms. The van der Waals surface area contributed by atoms with Gasteiger partial charge in [-0.3, -0.25) is 0 Å². The molecule has 4 heterocycles. The van der Waals surface area contributed by atoms with Crippen molar-refractivity contribution < 1.29 is 17.7 Å². The molecule has 4 heteroatoms. The van der Waals surface area contributed by atoms with Crippen LogP contribution in [0.25, 0.3) is 66.5 Å². The average molecular weight is 571 g/mol. The maximum absolute atomic E-state index is 6.46. The van der Waals surface area contributed by atoms with Crippen molar-refractivity contribution in [3.63, 3.8) is 0 Å². The fraction of sp³-hybridized carbons (Fsp3) is 0.0500. The fourth-order valence-corrected chi connectivity index (χ4v) is 6.29. The van der Waals surface area contributed by atoms with E-state index in [9.17, 15) is 0 Å². The van der Waals surface area contributed by atoms with E-state index in [1.807, 2.05) is 72.8 Å². The van der Waals surface area contributed by atoms with Crippen molar-refractivity contribution in [2.75, 3.05) is 0 Å². The van der Waals surface area contributed by atoms with Gasteiger partial charge in [-0.05, 0) is 71.8 Å². The minimum atomic E-state index is 0.596. The molecule has 0 fully saturated rings. The summed E-state index contributed by atoms with van der Waals surface area (Å²) in [6.07, 6.45) is 1.19. The number of para-hydroxylation sites is 4. The molecule has 0 saturated heterocycles. The number of hydrogen-bond donors (Lipinski definition) is 0. The van der Waals surface area contributed by atoms with Crippen molar-refractivity contribution in [3.8, 4) is 22.6 Å². The highest BCUT2D eigenvalue weighted by Gasteiger charge is 2.21. The highest BCUT2D eigenvalue weighted by Crippen LogP contribution is 2.39. The summed E-state index contributed by atoms with van der Waals surface area (Å²) in [4.78, 5) is 0. The van der Waals surface area contributed by atoms with Crippen molar-refractivity contribution in [1.82, 2.24) is 0 Å². The van der Waals surface area contributed by atoms with Crippen LogP contribution in [-0.4, -0.2) is 0 Å². The van der Waals surface area contributed by atoms with E-state index >= 15 is 0 Å². The molecule has 0 atom stereocenters. The lowest BCUT2D eigenvalue weighted by Gasteiger charge is -2.14. The zero-order valence-corrected chi connectivity index (χ0v) is 23.7. The Morgan fingerprint density at radius 3 is 1.05 bits per heavy atom.